The van der Waals surface area contributed by atoms with Crippen LogP contribution in [0.3, 0.4) is 0 Å². The molecule has 0 bridgehead atoms. The fourth-order valence-electron chi connectivity index (χ4n) is 7.12. The molecule has 1 aliphatic heterocycles. The molecule has 52 heavy (non-hydrogen) atoms. The first-order chi connectivity index (χ1) is 25.6. The number of nitrogens with two attached hydrogens (primary N) is 1. The predicted molar refractivity (Wildman–Crippen MR) is 206 cm³/mol. The predicted octanol–water partition coefficient (Wildman–Crippen LogP) is 8.71. The van der Waals surface area contributed by atoms with Crippen molar-refractivity contribution >= 4 is 34.1 Å². The van der Waals surface area contributed by atoms with Crippen LogP contribution < -0.4 is 15.4 Å². The van der Waals surface area contributed by atoms with Crippen molar-refractivity contribution in [2.24, 2.45) is 5.73 Å². The molecule has 7 aromatic rings. The van der Waals surface area contributed by atoms with E-state index in [2.05, 4.69) is 12.1 Å². The van der Waals surface area contributed by atoms with Gasteiger partial charge in [-0.1, -0.05) is 103 Å². The van der Waals surface area contributed by atoms with Gasteiger partial charge >= 0.3 is 0 Å². The zero-order valence-electron chi connectivity index (χ0n) is 28.6. The molecule has 0 spiro atoms. The summed E-state index contributed by atoms with van der Waals surface area (Å²) in [5, 5.41) is 0.783. The molecule has 0 fully saturated rings. The Balaban J connectivity index is 1.16. The van der Waals surface area contributed by atoms with E-state index in [0.29, 0.717) is 54.4 Å². The summed E-state index contributed by atoms with van der Waals surface area (Å²) in [6.45, 7) is 1.30. The van der Waals surface area contributed by atoms with Crippen molar-refractivity contribution in [3.63, 3.8) is 0 Å². The second kappa shape index (κ2) is 14.4. The van der Waals surface area contributed by atoms with Crippen LogP contribution in [0.25, 0.3) is 16.6 Å². The molecule has 2 heterocycles. The number of hydrogen-bond donors (Lipinski definition) is 1. The van der Waals surface area contributed by atoms with Gasteiger partial charge in [-0.2, -0.15) is 0 Å². The Kier molecular flexibility index (Phi) is 9.08. The molecular weight excluding hydrogens is 645 g/mol. The number of rotatable bonds is 9. The minimum Gasteiger partial charge on any atom is -0.489 e. The SMILES string of the molecule is NC[C@@H]1Cc2ccccc2CN1C(=O)c1ccccc1-n1cc(C(=O)N(c2ccccc2)c2ccc(OCc3ccccc3)cc2)c2ccccc21. The molecular formula is C45H38N4O3. The highest BCUT2D eigenvalue weighted by Crippen LogP contribution is 2.34. The van der Waals surface area contributed by atoms with Gasteiger partial charge in [-0.15, -0.1) is 0 Å². The van der Waals surface area contributed by atoms with Crippen LogP contribution in [0, 0.1) is 0 Å². The number of para-hydroxylation sites is 3. The highest BCUT2D eigenvalue weighted by atomic mass is 16.5. The van der Waals surface area contributed by atoms with Crippen molar-refractivity contribution in [1.82, 2.24) is 9.47 Å². The third kappa shape index (κ3) is 6.34. The smallest absolute Gasteiger partial charge is 0.265 e. The largest absolute Gasteiger partial charge is 0.489 e. The van der Waals surface area contributed by atoms with Crippen LogP contribution in [-0.4, -0.2) is 33.9 Å². The van der Waals surface area contributed by atoms with Crippen LogP contribution in [0.2, 0.25) is 0 Å². The van der Waals surface area contributed by atoms with E-state index in [-0.39, 0.29) is 17.9 Å². The Hall–Kier alpha value is -6.44. The van der Waals surface area contributed by atoms with E-state index in [4.69, 9.17) is 10.5 Å². The van der Waals surface area contributed by atoms with Crippen LogP contribution in [0.4, 0.5) is 11.4 Å². The van der Waals surface area contributed by atoms with Gasteiger partial charge in [0.2, 0.25) is 0 Å². The molecule has 0 unspecified atom stereocenters. The maximum atomic E-state index is 14.9. The van der Waals surface area contributed by atoms with Crippen molar-refractivity contribution in [2.45, 2.75) is 25.6 Å². The lowest BCUT2D eigenvalue weighted by atomic mass is 9.93. The second-order valence-corrected chi connectivity index (χ2v) is 13.0. The third-order valence-electron chi connectivity index (χ3n) is 9.79. The summed E-state index contributed by atoms with van der Waals surface area (Å²) < 4.78 is 8.02. The normalized spacial score (nSPS) is 13.8. The van der Waals surface area contributed by atoms with E-state index in [1.165, 1.54) is 5.56 Å². The van der Waals surface area contributed by atoms with E-state index in [1.807, 2.05) is 161 Å². The number of amides is 2. The first-order valence-electron chi connectivity index (χ1n) is 17.5. The molecule has 0 radical (unpaired) electrons. The van der Waals surface area contributed by atoms with Gasteiger partial charge in [-0.25, -0.2) is 0 Å². The van der Waals surface area contributed by atoms with Crippen molar-refractivity contribution in [3.8, 4) is 11.4 Å². The summed E-state index contributed by atoms with van der Waals surface area (Å²) in [4.78, 5) is 32.9. The van der Waals surface area contributed by atoms with E-state index < -0.39 is 0 Å². The number of anilines is 2. The van der Waals surface area contributed by atoms with E-state index in [0.717, 1.165) is 27.7 Å². The van der Waals surface area contributed by atoms with Crippen molar-refractivity contribution in [1.29, 1.82) is 0 Å². The van der Waals surface area contributed by atoms with Gasteiger partial charge in [0, 0.05) is 42.1 Å². The quantitative estimate of drug-likeness (QED) is 0.165. The fourth-order valence-corrected chi connectivity index (χ4v) is 7.12. The van der Waals surface area contributed by atoms with Gasteiger partial charge in [0.05, 0.1) is 22.3 Å². The van der Waals surface area contributed by atoms with Crippen molar-refractivity contribution < 1.29 is 14.3 Å². The van der Waals surface area contributed by atoms with Gasteiger partial charge < -0.3 is 19.9 Å². The lowest BCUT2D eigenvalue weighted by Gasteiger charge is -2.36. The summed E-state index contributed by atoms with van der Waals surface area (Å²) in [6.07, 6.45) is 2.57. The number of nitrogens with zero attached hydrogens (tertiary/aromatic N) is 3. The summed E-state index contributed by atoms with van der Waals surface area (Å²) in [7, 11) is 0. The average molecular weight is 683 g/mol. The number of fused-ring (bicyclic) bond motifs is 2. The Labute approximate surface area is 303 Å². The second-order valence-electron chi connectivity index (χ2n) is 13.0. The summed E-state index contributed by atoms with van der Waals surface area (Å²) in [6, 6.07) is 50.8. The Morgan fingerprint density at radius 3 is 2.08 bits per heavy atom. The number of benzene rings is 6. The fraction of sp³-hybridized carbons (Fsp3) is 0.111. The lowest BCUT2D eigenvalue weighted by Crippen LogP contribution is -2.48. The monoisotopic (exact) mass is 682 g/mol. The highest BCUT2D eigenvalue weighted by molar-refractivity contribution is 6.17. The molecule has 1 atom stereocenters. The average Bonchev–Trinajstić information content (AvgIpc) is 3.60. The molecule has 1 aliphatic rings. The van der Waals surface area contributed by atoms with Gasteiger partial charge in [0.25, 0.3) is 11.8 Å². The van der Waals surface area contributed by atoms with Crippen molar-refractivity contribution in [3.05, 3.63) is 192 Å². The molecule has 2 N–H and O–H groups in total. The van der Waals surface area contributed by atoms with Crippen LogP contribution in [-0.2, 0) is 19.6 Å². The molecule has 0 aliphatic carbocycles. The number of carbonyl (C=O) groups excluding carboxylic acids is 2. The molecule has 7 heteroatoms. The molecule has 6 aromatic carbocycles. The first-order valence-corrected chi connectivity index (χ1v) is 17.5. The van der Waals surface area contributed by atoms with Gasteiger partial charge in [-0.3, -0.25) is 14.5 Å². The van der Waals surface area contributed by atoms with Crippen LogP contribution in [0.15, 0.2) is 164 Å². The maximum absolute atomic E-state index is 14.9. The number of aromatic nitrogens is 1. The molecule has 256 valence electrons. The Morgan fingerprint density at radius 1 is 0.673 bits per heavy atom. The first kappa shape index (κ1) is 32.7. The highest BCUT2D eigenvalue weighted by Gasteiger charge is 2.31. The van der Waals surface area contributed by atoms with Crippen LogP contribution in [0.5, 0.6) is 5.75 Å². The minimum absolute atomic E-state index is 0.0910. The summed E-state index contributed by atoms with van der Waals surface area (Å²) in [5.74, 6) is 0.422. The number of ether oxygens (including phenoxy) is 1. The number of hydrogen-bond acceptors (Lipinski definition) is 4. The summed E-state index contributed by atoms with van der Waals surface area (Å²) in [5.41, 5.74) is 13.7. The molecule has 7 nitrogen and oxygen atoms in total. The minimum atomic E-state index is -0.196. The van der Waals surface area contributed by atoms with Gasteiger partial charge in [0.1, 0.15) is 12.4 Å². The lowest BCUT2D eigenvalue weighted by molar-refractivity contribution is 0.0647. The van der Waals surface area contributed by atoms with Gasteiger partial charge in [-0.05, 0) is 77.7 Å². The molecule has 1 aromatic heterocycles. The van der Waals surface area contributed by atoms with E-state index in [9.17, 15) is 9.59 Å². The molecule has 8 rings (SSSR count). The van der Waals surface area contributed by atoms with Crippen LogP contribution in [0.1, 0.15) is 37.4 Å². The molecule has 0 saturated carbocycles. The van der Waals surface area contributed by atoms with Crippen molar-refractivity contribution in [2.75, 3.05) is 11.4 Å². The van der Waals surface area contributed by atoms with Crippen LogP contribution >= 0.6 is 0 Å². The zero-order chi connectivity index (χ0) is 35.4. The number of carbonyl (C=O) groups is 2. The van der Waals surface area contributed by atoms with E-state index >= 15 is 0 Å². The molecule has 2 amide bonds. The third-order valence-corrected chi connectivity index (χ3v) is 9.79. The standard InChI is InChI=1S/C45H38N4O3/c46-28-37-27-33-15-7-8-16-34(33)29-47(37)44(50)40-20-10-12-22-43(40)48-30-41(39-19-9-11-21-42(39)48)45(51)49(35-17-5-2-6-18-35)36-23-25-38(26-24-36)52-31-32-13-3-1-4-14-32/h1-26,30,37H,27-29,31,46H2/t37-/m0/s1. The summed E-state index contributed by atoms with van der Waals surface area (Å²) >= 11 is 0. The van der Waals surface area contributed by atoms with E-state index in [1.54, 1.807) is 4.90 Å². The Morgan fingerprint density at radius 2 is 1.31 bits per heavy atom. The molecule has 0 saturated heterocycles. The van der Waals surface area contributed by atoms with Gasteiger partial charge in [0.15, 0.2) is 0 Å². The zero-order valence-corrected chi connectivity index (χ0v) is 28.6. The topological polar surface area (TPSA) is 80.8 Å². The maximum Gasteiger partial charge on any atom is 0.265 e. The Bertz CT molecular complexity index is 2350.